The van der Waals surface area contributed by atoms with Crippen molar-refractivity contribution < 1.29 is 19.1 Å². The van der Waals surface area contributed by atoms with Crippen molar-refractivity contribution in [1.29, 1.82) is 0 Å². The minimum atomic E-state index is -0.819. The number of carboxylic acid groups (broad SMARTS) is 1. The van der Waals surface area contributed by atoms with Crippen molar-refractivity contribution in [3.05, 3.63) is 17.3 Å². The minimum absolute atomic E-state index is 0.0319. The van der Waals surface area contributed by atoms with E-state index in [1.807, 2.05) is 13.8 Å². The summed E-state index contributed by atoms with van der Waals surface area (Å²) in [5.41, 5.74) is 0.813. The number of hydrogen-bond donors (Lipinski definition) is 2. The molecular weight excluding hydrogens is 262 g/mol. The first-order valence-electron chi connectivity index (χ1n) is 6.57. The zero-order valence-electron chi connectivity index (χ0n) is 11.8. The Morgan fingerprint density at radius 1 is 1.50 bits per heavy atom. The van der Waals surface area contributed by atoms with Crippen LogP contribution in [0.2, 0.25) is 0 Å². The van der Waals surface area contributed by atoms with Gasteiger partial charge in [-0.3, -0.25) is 4.79 Å². The Labute approximate surface area is 117 Å². The number of amides is 2. The summed E-state index contributed by atoms with van der Waals surface area (Å²) in [5.74, 6) is 0.0132. The van der Waals surface area contributed by atoms with Gasteiger partial charge >= 0.3 is 12.0 Å². The number of likely N-dealkylation sites (tertiary alicyclic amines) is 1. The van der Waals surface area contributed by atoms with Crippen LogP contribution in [0, 0.1) is 25.7 Å². The Bertz CT molecular complexity index is 500. The predicted molar refractivity (Wildman–Crippen MR) is 70.1 cm³/mol. The first kappa shape index (κ1) is 14.4. The summed E-state index contributed by atoms with van der Waals surface area (Å²) >= 11 is 0. The van der Waals surface area contributed by atoms with Crippen LogP contribution in [-0.4, -0.2) is 40.1 Å². The van der Waals surface area contributed by atoms with E-state index in [1.165, 1.54) is 0 Å². The molecule has 1 aromatic rings. The van der Waals surface area contributed by atoms with E-state index in [0.29, 0.717) is 19.0 Å². The third-order valence-corrected chi connectivity index (χ3v) is 3.76. The lowest BCUT2D eigenvalue weighted by atomic mass is 9.87. The van der Waals surface area contributed by atoms with Gasteiger partial charge in [-0.05, 0) is 13.8 Å². The number of aryl methyl sites for hydroxylation is 2. The molecule has 0 spiro atoms. The number of oxazole rings is 1. The van der Waals surface area contributed by atoms with Gasteiger partial charge in [-0.25, -0.2) is 9.78 Å². The minimum Gasteiger partial charge on any atom is -0.481 e. The Hall–Kier alpha value is -2.05. The lowest BCUT2D eigenvalue weighted by Gasteiger charge is -2.40. The molecule has 1 fully saturated rings. The normalized spacial score (nSPS) is 16.6. The van der Waals surface area contributed by atoms with Crippen molar-refractivity contribution >= 4 is 12.0 Å². The van der Waals surface area contributed by atoms with E-state index in [1.54, 1.807) is 11.8 Å². The third-order valence-electron chi connectivity index (χ3n) is 3.76. The number of aromatic nitrogens is 1. The molecule has 0 aliphatic carbocycles. The number of hydrogen-bond acceptors (Lipinski definition) is 4. The van der Waals surface area contributed by atoms with Crippen LogP contribution in [0.1, 0.15) is 24.3 Å². The SMILES string of the molecule is Cc1nc(CNC(=O)N2CC(C(C)C(=O)O)C2)oc1C. The number of carboxylic acids is 1. The zero-order chi connectivity index (χ0) is 14.9. The van der Waals surface area contributed by atoms with Gasteiger partial charge in [0.2, 0.25) is 5.89 Å². The number of carbonyl (C=O) groups is 2. The molecular formula is C13H19N3O4. The highest BCUT2D eigenvalue weighted by atomic mass is 16.4. The molecule has 2 heterocycles. The smallest absolute Gasteiger partial charge is 0.317 e. The molecule has 0 bridgehead atoms. The van der Waals surface area contributed by atoms with Crippen molar-refractivity contribution in [1.82, 2.24) is 15.2 Å². The van der Waals surface area contributed by atoms with Crippen LogP contribution in [0.25, 0.3) is 0 Å². The quantitative estimate of drug-likeness (QED) is 0.863. The molecule has 20 heavy (non-hydrogen) atoms. The highest BCUT2D eigenvalue weighted by molar-refractivity contribution is 5.76. The second-order valence-corrected chi connectivity index (χ2v) is 5.20. The summed E-state index contributed by atoms with van der Waals surface area (Å²) in [4.78, 5) is 28.4. The van der Waals surface area contributed by atoms with Crippen LogP contribution in [-0.2, 0) is 11.3 Å². The molecule has 0 radical (unpaired) electrons. The van der Waals surface area contributed by atoms with E-state index >= 15 is 0 Å². The molecule has 1 aromatic heterocycles. The number of carbonyl (C=O) groups excluding carboxylic acids is 1. The van der Waals surface area contributed by atoms with Crippen molar-refractivity contribution in [2.75, 3.05) is 13.1 Å². The van der Waals surface area contributed by atoms with Crippen molar-refractivity contribution in [2.24, 2.45) is 11.8 Å². The second kappa shape index (κ2) is 5.52. The highest BCUT2D eigenvalue weighted by Crippen LogP contribution is 2.23. The average Bonchev–Trinajstić information content (AvgIpc) is 2.64. The predicted octanol–water partition coefficient (Wildman–Crippen LogP) is 1.15. The van der Waals surface area contributed by atoms with Gasteiger partial charge < -0.3 is 19.7 Å². The molecule has 1 aliphatic heterocycles. The fourth-order valence-corrected chi connectivity index (χ4v) is 2.07. The summed E-state index contributed by atoms with van der Waals surface area (Å²) < 4.78 is 5.36. The van der Waals surface area contributed by atoms with E-state index in [0.717, 1.165) is 11.5 Å². The molecule has 1 atom stereocenters. The molecule has 0 saturated carbocycles. The largest absolute Gasteiger partial charge is 0.481 e. The van der Waals surface area contributed by atoms with E-state index in [-0.39, 0.29) is 18.5 Å². The van der Waals surface area contributed by atoms with E-state index < -0.39 is 11.9 Å². The number of urea groups is 1. The van der Waals surface area contributed by atoms with Crippen LogP contribution in [0.5, 0.6) is 0 Å². The van der Waals surface area contributed by atoms with Gasteiger partial charge in [-0.1, -0.05) is 6.92 Å². The maximum atomic E-state index is 11.8. The third kappa shape index (κ3) is 2.92. The number of nitrogens with zero attached hydrogens (tertiary/aromatic N) is 2. The maximum absolute atomic E-state index is 11.8. The maximum Gasteiger partial charge on any atom is 0.317 e. The molecule has 1 saturated heterocycles. The van der Waals surface area contributed by atoms with Crippen molar-refractivity contribution in [3.8, 4) is 0 Å². The molecule has 110 valence electrons. The summed E-state index contributed by atoms with van der Waals surface area (Å²) in [6.45, 7) is 6.52. The van der Waals surface area contributed by atoms with Crippen LogP contribution in [0.15, 0.2) is 4.42 Å². The first-order chi connectivity index (χ1) is 9.38. The number of rotatable bonds is 4. The lowest BCUT2D eigenvalue weighted by Crippen LogP contribution is -2.56. The van der Waals surface area contributed by atoms with Gasteiger partial charge in [0, 0.05) is 19.0 Å². The fraction of sp³-hybridized carbons (Fsp3) is 0.615. The lowest BCUT2D eigenvalue weighted by molar-refractivity contribution is -0.144. The molecule has 7 heteroatoms. The molecule has 7 nitrogen and oxygen atoms in total. The molecule has 2 N–H and O–H groups in total. The second-order valence-electron chi connectivity index (χ2n) is 5.20. The molecule has 1 aliphatic rings. The Balaban J connectivity index is 1.76. The van der Waals surface area contributed by atoms with Gasteiger partial charge in [0.15, 0.2) is 0 Å². The fourth-order valence-electron chi connectivity index (χ4n) is 2.07. The van der Waals surface area contributed by atoms with Gasteiger partial charge in [-0.2, -0.15) is 0 Å². The Kier molecular flexibility index (Phi) is 3.96. The van der Waals surface area contributed by atoms with Gasteiger partial charge in [0.05, 0.1) is 18.2 Å². The Morgan fingerprint density at radius 3 is 2.65 bits per heavy atom. The van der Waals surface area contributed by atoms with Gasteiger partial charge in [0.25, 0.3) is 0 Å². The number of aliphatic carboxylic acids is 1. The summed E-state index contributed by atoms with van der Waals surface area (Å²) in [7, 11) is 0. The summed E-state index contributed by atoms with van der Waals surface area (Å²) in [5, 5.41) is 11.6. The monoisotopic (exact) mass is 281 g/mol. The standard InChI is InChI=1S/C13H19N3O4/c1-7(12(17)18)10-5-16(6-10)13(19)14-4-11-15-8(2)9(3)20-11/h7,10H,4-6H2,1-3H3,(H,14,19)(H,17,18). The molecule has 0 aromatic carbocycles. The van der Waals surface area contributed by atoms with E-state index in [2.05, 4.69) is 10.3 Å². The summed E-state index contributed by atoms with van der Waals surface area (Å²) in [6.07, 6.45) is 0. The average molecular weight is 281 g/mol. The molecule has 2 amide bonds. The molecule has 1 unspecified atom stereocenters. The van der Waals surface area contributed by atoms with E-state index in [9.17, 15) is 9.59 Å². The van der Waals surface area contributed by atoms with E-state index in [4.69, 9.17) is 9.52 Å². The highest BCUT2D eigenvalue weighted by Gasteiger charge is 2.37. The van der Waals surface area contributed by atoms with Crippen molar-refractivity contribution in [3.63, 3.8) is 0 Å². The van der Waals surface area contributed by atoms with Gasteiger partial charge in [0.1, 0.15) is 5.76 Å². The Morgan fingerprint density at radius 2 is 2.15 bits per heavy atom. The van der Waals surface area contributed by atoms with Crippen LogP contribution >= 0.6 is 0 Å². The van der Waals surface area contributed by atoms with Crippen LogP contribution < -0.4 is 5.32 Å². The van der Waals surface area contributed by atoms with Gasteiger partial charge in [-0.15, -0.1) is 0 Å². The van der Waals surface area contributed by atoms with Crippen LogP contribution in [0.3, 0.4) is 0 Å². The topological polar surface area (TPSA) is 95.7 Å². The summed E-state index contributed by atoms with van der Waals surface area (Å²) in [6, 6.07) is -0.215. The van der Waals surface area contributed by atoms with Crippen LogP contribution in [0.4, 0.5) is 4.79 Å². The zero-order valence-corrected chi connectivity index (χ0v) is 11.8. The van der Waals surface area contributed by atoms with Crippen molar-refractivity contribution in [2.45, 2.75) is 27.3 Å². The first-order valence-corrected chi connectivity index (χ1v) is 6.57. The molecule has 2 rings (SSSR count). The number of nitrogens with one attached hydrogen (secondary N) is 1.